The van der Waals surface area contributed by atoms with E-state index in [9.17, 15) is 9.59 Å². The third-order valence-electron chi connectivity index (χ3n) is 4.06. The van der Waals surface area contributed by atoms with Crippen molar-refractivity contribution >= 4 is 29.1 Å². The van der Waals surface area contributed by atoms with Gasteiger partial charge in [0.2, 0.25) is 5.91 Å². The second-order valence-electron chi connectivity index (χ2n) is 6.55. The Morgan fingerprint density at radius 1 is 1.39 bits per heavy atom. The van der Waals surface area contributed by atoms with Gasteiger partial charge in [-0.1, -0.05) is 11.6 Å². The lowest BCUT2D eigenvalue weighted by molar-refractivity contribution is -0.114. The Balaban J connectivity index is 2.20. The Bertz CT molecular complexity index is 616. The molecule has 1 N–H and O–H groups in total. The molecule has 6 heteroatoms. The molecule has 0 aliphatic carbocycles. The second-order valence-corrected chi connectivity index (χ2v) is 6.95. The number of benzene rings is 1. The highest BCUT2D eigenvalue weighted by molar-refractivity contribution is 6.34. The maximum absolute atomic E-state index is 12.8. The fraction of sp³-hybridized carbons (Fsp3) is 0.529. The van der Waals surface area contributed by atoms with Crippen LogP contribution in [0.5, 0.6) is 0 Å². The normalized spacial score (nSPS) is 20.0. The van der Waals surface area contributed by atoms with Gasteiger partial charge in [0.05, 0.1) is 16.2 Å². The van der Waals surface area contributed by atoms with Crippen LogP contribution >= 0.6 is 11.6 Å². The minimum atomic E-state index is -0.237. The van der Waals surface area contributed by atoms with Gasteiger partial charge >= 0.3 is 0 Å². The van der Waals surface area contributed by atoms with E-state index in [-0.39, 0.29) is 23.5 Å². The van der Waals surface area contributed by atoms with Crippen LogP contribution in [0.25, 0.3) is 0 Å². The molecule has 0 radical (unpaired) electrons. The number of anilines is 1. The Morgan fingerprint density at radius 3 is 2.70 bits per heavy atom. The van der Waals surface area contributed by atoms with Gasteiger partial charge in [-0.2, -0.15) is 0 Å². The van der Waals surface area contributed by atoms with Gasteiger partial charge in [-0.3, -0.25) is 9.59 Å². The highest BCUT2D eigenvalue weighted by atomic mass is 35.5. The van der Waals surface area contributed by atoms with Gasteiger partial charge in [0.15, 0.2) is 0 Å². The van der Waals surface area contributed by atoms with Crippen LogP contribution < -0.4 is 5.32 Å². The van der Waals surface area contributed by atoms with Crippen molar-refractivity contribution in [3.63, 3.8) is 0 Å². The van der Waals surface area contributed by atoms with E-state index in [1.54, 1.807) is 30.1 Å². The molecular weight excluding hydrogens is 316 g/mol. The van der Waals surface area contributed by atoms with Gasteiger partial charge in [0, 0.05) is 32.3 Å². The number of hydrogen-bond acceptors (Lipinski definition) is 3. The topological polar surface area (TPSA) is 58.6 Å². The van der Waals surface area contributed by atoms with E-state index in [2.05, 4.69) is 5.32 Å². The quantitative estimate of drug-likeness (QED) is 0.919. The molecule has 1 fully saturated rings. The zero-order chi connectivity index (χ0) is 17.2. The first-order valence-corrected chi connectivity index (χ1v) is 8.06. The summed E-state index contributed by atoms with van der Waals surface area (Å²) in [4.78, 5) is 25.7. The van der Waals surface area contributed by atoms with E-state index in [1.165, 1.54) is 6.92 Å². The molecule has 1 aliphatic rings. The van der Waals surface area contributed by atoms with Crippen molar-refractivity contribution < 1.29 is 14.3 Å². The molecule has 5 nitrogen and oxygen atoms in total. The fourth-order valence-corrected chi connectivity index (χ4v) is 3.05. The van der Waals surface area contributed by atoms with E-state index >= 15 is 0 Å². The third kappa shape index (κ3) is 4.45. The number of nitrogens with zero attached hydrogens (tertiary/aromatic N) is 1. The van der Waals surface area contributed by atoms with E-state index in [0.29, 0.717) is 22.9 Å². The molecule has 1 saturated heterocycles. The third-order valence-corrected chi connectivity index (χ3v) is 4.39. The van der Waals surface area contributed by atoms with Crippen LogP contribution in [0.4, 0.5) is 5.69 Å². The smallest absolute Gasteiger partial charge is 0.255 e. The van der Waals surface area contributed by atoms with Crippen LogP contribution in [0.15, 0.2) is 18.2 Å². The highest BCUT2D eigenvalue weighted by Gasteiger charge is 2.33. The lowest BCUT2D eigenvalue weighted by Crippen LogP contribution is -2.46. The minimum absolute atomic E-state index is 0.103. The predicted octanol–water partition coefficient (Wildman–Crippen LogP) is 3.33. The average molecular weight is 339 g/mol. The molecule has 0 saturated carbocycles. The number of hydrogen-bond donors (Lipinski definition) is 1. The summed E-state index contributed by atoms with van der Waals surface area (Å²) < 4.78 is 5.71. The number of rotatable bonds is 3. The molecule has 2 rings (SSSR count). The molecule has 1 aromatic carbocycles. The van der Waals surface area contributed by atoms with Crippen LogP contribution in [-0.2, 0) is 9.53 Å². The lowest BCUT2D eigenvalue weighted by atomic mass is 9.92. The fourth-order valence-electron chi connectivity index (χ4n) is 2.86. The maximum Gasteiger partial charge on any atom is 0.255 e. The van der Waals surface area contributed by atoms with Crippen molar-refractivity contribution in [2.75, 3.05) is 19.0 Å². The van der Waals surface area contributed by atoms with E-state index in [1.807, 2.05) is 13.8 Å². The van der Waals surface area contributed by atoms with Gasteiger partial charge in [0.25, 0.3) is 5.91 Å². The minimum Gasteiger partial charge on any atom is -0.375 e. The number of amides is 2. The molecule has 0 bridgehead atoms. The molecule has 1 heterocycles. The molecular formula is C17H23ClN2O3. The first kappa shape index (κ1) is 17.8. The molecule has 0 aromatic heterocycles. The average Bonchev–Trinajstić information content (AvgIpc) is 2.46. The van der Waals surface area contributed by atoms with Crippen molar-refractivity contribution in [1.29, 1.82) is 0 Å². The summed E-state index contributed by atoms with van der Waals surface area (Å²) >= 11 is 6.18. The predicted molar refractivity (Wildman–Crippen MR) is 90.9 cm³/mol. The second kappa shape index (κ2) is 6.89. The summed E-state index contributed by atoms with van der Waals surface area (Å²) in [5.41, 5.74) is 0.718. The van der Waals surface area contributed by atoms with E-state index in [4.69, 9.17) is 16.3 Å². The number of nitrogens with one attached hydrogen (secondary N) is 1. The molecule has 2 amide bonds. The van der Waals surface area contributed by atoms with Gasteiger partial charge < -0.3 is 15.0 Å². The van der Waals surface area contributed by atoms with Crippen LogP contribution in [-0.4, -0.2) is 42.0 Å². The van der Waals surface area contributed by atoms with Crippen LogP contribution in [0.2, 0.25) is 5.02 Å². The van der Waals surface area contributed by atoms with Crippen molar-refractivity contribution in [2.45, 2.75) is 45.3 Å². The summed E-state index contributed by atoms with van der Waals surface area (Å²) in [5, 5.41) is 3.05. The first-order chi connectivity index (χ1) is 10.7. The standard InChI is InChI=1S/C17H23ClN2O3/c1-11(21)19-12-5-6-15(18)14(9-12)16(22)20(4)13-7-8-23-17(2,3)10-13/h5-6,9,13H,7-8,10H2,1-4H3,(H,19,21)/t13-/m1/s1. The first-order valence-electron chi connectivity index (χ1n) is 7.68. The number of halogens is 1. The Labute approximate surface area is 141 Å². The monoisotopic (exact) mass is 338 g/mol. The highest BCUT2D eigenvalue weighted by Crippen LogP contribution is 2.29. The number of carbonyl (C=O) groups is 2. The molecule has 126 valence electrons. The van der Waals surface area contributed by atoms with Crippen molar-refractivity contribution in [2.24, 2.45) is 0 Å². The van der Waals surface area contributed by atoms with Crippen LogP contribution in [0.3, 0.4) is 0 Å². The summed E-state index contributed by atoms with van der Waals surface area (Å²) in [5.74, 6) is -0.338. The van der Waals surface area contributed by atoms with Gasteiger partial charge in [-0.15, -0.1) is 0 Å². The number of carbonyl (C=O) groups excluding carboxylic acids is 2. The van der Waals surface area contributed by atoms with E-state index in [0.717, 1.165) is 12.8 Å². The number of ether oxygens (including phenoxy) is 1. The maximum atomic E-state index is 12.8. The van der Waals surface area contributed by atoms with E-state index < -0.39 is 0 Å². The summed E-state index contributed by atoms with van der Waals surface area (Å²) in [7, 11) is 1.79. The molecule has 0 spiro atoms. The Hall–Kier alpha value is -1.59. The van der Waals surface area contributed by atoms with Crippen LogP contribution in [0.1, 0.15) is 44.0 Å². The van der Waals surface area contributed by atoms with Crippen molar-refractivity contribution in [1.82, 2.24) is 4.90 Å². The van der Waals surface area contributed by atoms with Crippen molar-refractivity contribution in [3.05, 3.63) is 28.8 Å². The SMILES string of the molecule is CC(=O)Nc1ccc(Cl)c(C(=O)N(C)[C@@H]2CCOC(C)(C)C2)c1. The van der Waals surface area contributed by atoms with Crippen molar-refractivity contribution in [3.8, 4) is 0 Å². The molecule has 1 aromatic rings. The summed E-state index contributed by atoms with van der Waals surface area (Å²) in [6.45, 7) is 6.12. The molecule has 1 aliphatic heterocycles. The summed E-state index contributed by atoms with van der Waals surface area (Å²) in [6.07, 6.45) is 1.58. The summed E-state index contributed by atoms with van der Waals surface area (Å²) in [6, 6.07) is 5.03. The Morgan fingerprint density at radius 2 is 2.09 bits per heavy atom. The van der Waals surface area contributed by atoms with Gasteiger partial charge in [-0.05, 0) is 44.9 Å². The lowest BCUT2D eigenvalue weighted by Gasteiger charge is -2.39. The molecule has 23 heavy (non-hydrogen) atoms. The largest absolute Gasteiger partial charge is 0.375 e. The van der Waals surface area contributed by atoms with Crippen LogP contribution in [0, 0.1) is 0 Å². The molecule has 1 atom stereocenters. The zero-order valence-corrected chi connectivity index (χ0v) is 14.7. The molecule has 0 unspecified atom stereocenters. The zero-order valence-electron chi connectivity index (χ0n) is 14.0. The Kier molecular flexibility index (Phi) is 5.32. The van der Waals surface area contributed by atoms with Gasteiger partial charge in [-0.25, -0.2) is 0 Å². The van der Waals surface area contributed by atoms with Gasteiger partial charge in [0.1, 0.15) is 0 Å².